The van der Waals surface area contributed by atoms with Crippen molar-refractivity contribution >= 4 is 23.8 Å². The SMILES string of the molecule is CC(C)(C)OC(=O)NCCOc1cccc2c1CN(C1CCC(=O)NC1=O)C2=O. The normalized spacial score (nSPS) is 18.9. The number of alkyl carbamates (subject to hydrolysis) is 1. The summed E-state index contributed by atoms with van der Waals surface area (Å²) in [5.74, 6) is -0.508. The molecule has 0 saturated carbocycles. The summed E-state index contributed by atoms with van der Waals surface area (Å²) in [4.78, 5) is 49.4. The van der Waals surface area contributed by atoms with E-state index in [2.05, 4.69) is 10.6 Å². The molecule has 1 aromatic carbocycles. The number of hydrogen-bond acceptors (Lipinski definition) is 6. The van der Waals surface area contributed by atoms with Gasteiger partial charge in [0.05, 0.1) is 13.1 Å². The van der Waals surface area contributed by atoms with Crippen LogP contribution in [-0.4, -0.2) is 53.5 Å². The average molecular weight is 403 g/mol. The Bertz CT molecular complexity index is 845. The van der Waals surface area contributed by atoms with E-state index < -0.39 is 23.6 Å². The van der Waals surface area contributed by atoms with Crippen LogP contribution in [0.1, 0.15) is 49.5 Å². The summed E-state index contributed by atoms with van der Waals surface area (Å²) in [6, 6.07) is 4.47. The van der Waals surface area contributed by atoms with Gasteiger partial charge in [0.15, 0.2) is 0 Å². The summed E-state index contributed by atoms with van der Waals surface area (Å²) in [6.45, 7) is 6.01. The molecule has 1 unspecified atom stereocenters. The Kier molecular flexibility index (Phi) is 5.76. The number of benzene rings is 1. The minimum atomic E-state index is -0.672. The van der Waals surface area contributed by atoms with Crippen LogP contribution in [0.4, 0.5) is 4.79 Å². The van der Waals surface area contributed by atoms with Gasteiger partial charge in [0.25, 0.3) is 5.91 Å². The maximum absolute atomic E-state index is 12.8. The molecular weight excluding hydrogens is 378 g/mol. The molecule has 1 fully saturated rings. The van der Waals surface area contributed by atoms with Gasteiger partial charge in [-0.15, -0.1) is 0 Å². The number of carbonyl (C=O) groups is 4. The van der Waals surface area contributed by atoms with E-state index in [4.69, 9.17) is 9.47 Å². The number of amides is 4. The van der Waals surface area contributed by atoms with E-state index in [1.807, 2.05) is 0 Å². The van der Waals surface area contributed by atoms with Crippen molar-refractivity contribution in [1.82, 2.24) is 15.5 Å². The zero-order chi connectivity index (χ0) is 21.2. The van der Waals surface area contributed by atoms with Crippen LogP contribution in [0.15, 0.2) is 18.2 Å². The molecule has 0 aromatic heterocycles. The minimum absolute atomic E-state index is 0.197. The zero-order valence-electron chi connectivity index (χ0n) is 16.7. The third kappa shape index (κ3) is 4.85. The molecule has 2 heterocycles. The molecule has 0 radical (unpaired) electrons. The fourth-order valence-corrected chi connectivity index (χ4v) is 3.32. The Morgan fingerprint density at radius 1 is 1.28 bits per heavy atom. The molecular formula is C20H25N3O6. The summed E-state index contributed by atoms with van der Waals surface area (Å²) < 4.78 is 10.9. The molecule has 1 atom stereocenters. The van der Waals surface area contributed by atoms with Gasteiger partial charge in [0, 0.05) is 17.5 Å². The molecule has 1 aromatic rings. The van der Waals surface area contributed by atoms with Gasteiger partial charge in [0.2, 0.25) is 11.8 Å². The lowest BCUT2D eigenvalue weighted by Crippen LogP contribution is -2.52. The first-order valence-corrected chi connectivity index (χ1v) is 9.52. The van der Waals surface area contributed by atoms with Crippen LogP contribution in [-0.2, 0) is 20.9 Å². The van der Waals surface area contributed by atoms with Crippen LogP contribution in [0.2, 0.25) is 0 Å². The van der Waals surface area contributed by atoms with Crippen molar-refractivity contribution in [3.8, 4) is 5.75 Å². The Hall–Kier alpha value is -3.10. The van der Waals surface area contributed by atoms with E-state index in [0.29, 0.717) is 23.3 Å². The molecule has 2 aliphatic heterocycles. The van der Waals surface area contributed by atoms with Gasteiger partial charge >= 0.3 is 6.09 Å². The molecule has 0 spiro atoms. The first kappa shape index (κ1) is 20.6. The van der Waals surface area contributed by atoms with Gasteiger partial charge in [-0.25, -0.2) is 4.79 Å². The third-order valence-corrected chi connectivity index (χ3v) is 4.57. The van der Waals surface area contributed by atoms with Crippen LogP contribution in [0.3, 0.4) is 0 Å². The van der Waals surface area contributed by atoms with Crippen molar-refractivity contribution in [3.63, 3.8) is 0 Å². The number of rotatable bonds is 5. The van der Waals surface area contributed by atoms with Gasteiger partial charge < -0.3 is 19.7 Å². The van der Waals surface area contributed by atoms with Crippen molar-refractivity contribution in [3.05, 3.63) is 29.3 Å². The van der Waals surface area contributed by atoms with Crippen LogP contribution >= 0.6 is 0 Å². The van der Waals surface area contributed by atoms with E-state index >= 15 is 0 Å². The summed E-state index contributed by atoms with van der Waals surface area (Å²) in [5.41, 5.74) is 0.595. The number of nitrogens with one attached hydrogen (secondary N) is 2. The monoisotopic (exact) mass is 403 g/mol. The molecule has 3 rings (SSSR count). The topological polar surface area (TPSA) is 114 Å². The zero-order valence-corrected chi connectivity index (χ0v) is 16.7. The fraction of sp³-hybridized carbons (Fsp3) is 0.500. The molecule has 9 nitrogen and oxygen atoms in total. The molecule has 2 aliphatic rings. The average Bonchev–Trinajstić information content (AvgIpc) is 2.95. The molecule has 2 N–H and O–H groups in total. The first-order chi connectivity index (χ1) is 13.7. The summed E-state index contributed by atoms with van der Waals surface area (Å²) in [5, 5.41) is 4.89. The molecule has 1 saturated heterocycles. The smallest absolute Gasteiger partial charge is 0.407 e. The Morgan fingerprint density at radius 3 is 2.72 bits per heavy atom. The van der Waals surface area contributed by atoms with Crippen molar-refractivity contribution in [2.45, 2.75) is 51.8 Å². The Balaban J connectivity index is 1.60. The van der Waals surface area contributed by atoms with E-state index in [-0.39, 0.29) is 37.9 Å². The number of ether oxygens (including phenoxy) is 2. The Morgan fingerprint density at radius 2 is 2.03 bits per heavy atom. The van der Waals surface area contributed by atoms with Crippen molar-refractivity contribution < 1.29 is 28.7 Å². The highest BCUT2D eigenvalue weighted by Crippen LogP contribution is 2.33. The van der Waals surface area contributed by atoms with E-state index in [1.54, 1.807) is 39.0 Å². The largest absolute Gasteiger partial charge is 0.491 e. The lowest BCUT2D eigenvalue weighted by molar-refractivity contribution is -0.136. The van der Waals surface area contributed by atoms with Crippen molar-refractivity contribution in [1.29, 1.82) is 0 Å². The summed E-state index contributed by atoms with van der Waals surface area (Å²) >= 11 is 0. The standard InChI is InChI=1S/C20H25N3O6/c1-20(2,3)29-19(27)21-9-10-28-15-6-4-5-12-13(15)11-23(18(12)26)14-7-8-16(24)22-17(14)25/h4-6,14H,7-11H2,1-3H3,(H,21,27)(H,22,24,25). The molecule has 29 heavy (non-hydrogen) atoms. The van der Waals surface area contributed by atoms with Crippen molar-refractivity contribution in [2.24, 2.45) is 0 Å². The fourth-order valence-electron chi connectivity index (χ4n) is 3.32. The highest BCUT2D eigenvalue weighted by atomic mass is 16.6. The second-order valence-electron chi connectivity index (χ2n) is 7.96. The third-order valence-electron chi connectivity index (χ3n) is 4.57. The number of fused-ring (bicyclic) bond motifs is 1. The molecule has 156 valence electrons. The lowest BCUT2D eigenvalue weighted by atomic mass is 10.0. The molecule has 0 bridgehead atoms. The number of nitrogens with zero attached hydrogens (tertiary/aromatic N) is 1. The van der Waals surface area contributed by atoms with Crippen LogP contribution < -0.4 is 15.4 Å². The van der Waals surface area contributed by atoms with Crippen LogP contribution in [0.25, 0.3) is 0 Å². The van der Waals surface area contributed by atoms with E-state index in [0.717, 1.165) is 0 Å². The van der Waals surface area contributed by atoms with Gasteiger partial charge in [-0.05, 0) is 39.3 Å². The number of piperidine rings is 1. The van der Waals surface area contributed by atoms with E-state index in [1.165, 1.54) is 4.90 Å². The number of carbonyl (C=O) groups excluding carboxylic acids is 4. The maximum Gasteiger partial charge on any atom is 0.407 e. The van der Waals surface area contributed by atoms with Gasteiger partial charge in [-0.3, -0.25) is 19.7 Å². The molecule has 0 aliphatic carbocycles. The van der Waals surface area contributed by atoms with E-state index in [9.17, 15) is 19.2 Å². The predicted octanol–water partition coefficient (Wildman–Crippen LogP) is 1.35. The number of hydrogen-bond donors (Lipinski definition) is 2. The highest BCUT2D eigenvalue weighted by Gasteiger charge is 2.40. The predicted molar refractivity (Wildman–Crippen MR) is 102 cm³/mol. The quantitative estimate of drug-likeness (QED) is 0.567. The van der Waals surface area contributed by atoms with Crippen LogP contribution in [0, 0.1) is 0 Å². The highest BCUT2D eigenvalue weighted by molar-refractivity contribution is 6.05. The maximum atomic E-state index is 12.8. The Labute approximate surface area is 168 Å². The second kappa shape index (κ2) is 8.10. The lowest BCUT2D eigenvalue weighted by Gasteiger charge is -2.29. The molecule has 9 heteroatoms. The van der Waals surface area contributed by atoms with Crippen LogP contribution in [0.5, 0.6) is 5.75 Å². The first-order valence-electron chi connectivity index (χ1n) is 9.52. The molecule has 4 amide bonds. The minimum Gasteiger partial charge on any atom is -0.491 e. The number of imide groups is 1. The van der Waals surface area contributed by atoms with Gasteiger partial charge in [-0.2, -0.15) is 0 Å². The van der Waals surface area contributed by atoms with Gasteiger partial charge in [-0.1, -0.05) is 6.07 Å². The summed E-state index contributed by atoms with van der Waals surface area (Å²) in [7, 11) is 0. The van der Waals surface area contributed by atoms with Gasteiger partial charge in [0.1, 0.15) is 24.0 Å². The summed E-state index contributed by atoms with van der Waals surface area (Å²) in [6.07, 6.45) is -0.0185. The second-order valence-corrected chi connectivity index (χ2v) is 7.96. The van der Waals surface area contributed by atoms with Crippen molar-refractivity contribution in [2.75, 3.05) is 13.2 Å².